The lowest BCUT2D eigenvalue weighted by Gasteiger charge is -2.21. The maximum Gasteiger partial charge on any atom is 0.271 e. The summed E-state index contributed by atoms with van der Waals surface area (Å²) in [5, 5.41) is 5.81. The van der Waals surface area contributed by atoms with Gasteiger partial charge in [0.05, 0.1) is 17.1 Å². The van der Waals surface area contributed by atoms with Crippen molar-refractivity contribution in [1.82, 2.24) is 0 Å². The summed E-state index contributed by atoms with van der Waals surface area (Å²) in [6, 6.07) is 6.08. The molecule has 1 heterocycles. The van der Waals surface area contributed by atoms with Crippen LogP contribution in [0.1, 0.15) is 19.4 Å². The molecule has 2 rings (SSSR count). The monoisotopic (exact) mass is 216 g/mol. The fraction of sp³-hybridized carbons (Fsp3) is 0.308. The van der Waals surface area contributed by atoms with E-state index in [0.29, 0.717) is 11.6 Å². The lowest BCUT2D eigenvalue weighted by Crippen LogP contribution is -2.24. The molecule has 0 bridgehead atoms. The molecule has 1 aromatic rings. The number of amides is 1. The first-order valence-electron chi connectivity index (χ1n) is 5.46. The highest BCUT2D eigenvalue weighted by atomic mass is 16.2. The Labute approximate surface area is 95.6 Å². The molecule has 0 spiro atoms. The number of nitrogens with one attached hydrogen (secondary N) is 2. The molecule has 0 saturated heterocycles. The molecule has 0 atom stereocenters. The van der Waals surface area contributed by atoms with Gasteiger partial charge in [-0.25, -0.2) is 0 Å². The van der Waals surface area contributed by atoms with E-state index in [2.05, 4.69) is 37.1 Å². The van der Waals surface area contributed by atoms with Gasteiger partial charge in [0.15, 0.2) is 0 Å². The number of hydrogen-bond acceptors (Lipinski definition) is 2. The van der Waals surface area contributed by atoms with E-state index in [9.17, 15) is 4.79 Å². The standard InChI is InChI=1S/C13H16N2O/c1-8(2)6-10-4-5-11-12(7-10)15-13(16)9(3)14-11/h4-5,7-8,14H,3,6H2,1-2H3,(H,15,16). The molecule has 0 unspecified atom stereocenters. The summed E-state index contributed by atoms with van der Waals surface area (Å²) in [7, 11) is 0. The van der Waals surface area contributed by atoms with Crippen molar-refractivity contribution in [3.05, 3.63) is 36.0 Å². The molecule has 16 heavy (non-hydrogen) atoms. The highest BCUT2D eigenvalue weighted by Gasteiger charge is 2.17. The molecule has 0 saturated carbocycles. The first-order chi connectivity index (χ1) is 7.56. The van der Waals surface area contributed by atoms with Crippen LogP contribution in [0.25, 0.3) is 0 Å². The van der Waals surface area contributed by atoms with E-state index < -0.39 is 0 Å². The van der Waals surface area contributed by atoms with E-state index >= 15 is 0 Å². The number of fused-ring (bicyclic) bond motifs is 1. The second kappa shape index (κ2) is 4.00. The van der Waals surface area contributed by atoms with Crippen LogP contribution in [0.5, 0.6) is 0 Å². The third-order valence-corrected chi connectivity index (χ3v) is 2.54. The molecule has 1 aliphatic rings. The minimum atomic E-state index is -0.158. The first-order valence-corrected chi connectivity index (χ1v) is 5.46. The Bertz CT molecular complexity index is 449. The Balaban J connectivity index is 2.29. The Kier molecular flexibility index (Phi) is 2.69. The smallest absolute Gasteiger partial charge is 0.271 e. The van der Waals surface area contributed by atoms with Crippen molar-refractivity contribution < 1.29 is 4.79 Å². The fourth-order valence-electron chi connectivity index (χ4n) is 1.82. The Hall–Kier alpha value is -1.77. The molecule has 0 fully saturated rings. The zero-order valence-corrected chi connectivity index (χ0v) is 9.63. The Morgan fingerprint density at radius 2 is 2.00 bits per heavy atom. The van der Waals surface area contributed by atoms with Crippen molar-refractivity contribution in [2.75, 3.05) is 10.6 Å². The van der Waals surface area contributed by atoms with Crippen LogP contribution in [-0.2, 0) is 11.2 Å². The van der Waals surface area contributed by atoms with Gasteiger partial charge in [0.2, 0.25) is 0 Å². The maximum absolute atomic E-state index is 11.4. The van der Waals surface area contributed by atoms with Crippen LogP contribution in [-0.4, -0.2) is 5.91 Å². The van der Waals surface area contributed by atoms with Crippen LogP contribution in [0.15, 0.2) is 30.5 Å². The van der Waals surface area contributed by atoms with Crippen LogP contribution in [0.2, 0.25) is 0 Å². The van der Waals surface area contributed by atoms with E-state index in [1.54, 1.807) is 0 Å². The third-order valence-electron chi connectivity index (χ3n) is 2.54. The summed E-state index contributed by atoms with van der Waals surface area (Å²) in [6.07, 6.45) is 1.02. The molecule has 84 valence electrons. The summed E-state index contributed by atoms with van der Waals surface area (Å²) in [5.41, 5.74) is 3.39. The number of benzene rings is 1. The molecular weight excluding hydrogens is 200 g/mol. The summed E-state index contributed by atoms with van der Waals surface area (Å²) < 4.78 is 0. The molecule has 1 amide bonds. The Morgan fingerprint density at radius 1 is 1.25 bits per heavy atom. The van der Waals surface area contributed by atoms with Crippen molar-refractivity contribution in [2.45, 2.75) is 20.3 Å². The van der Waals surface area contributed by atoms with Crippen molar-refractivity contribution >= 4 is 17.3 Å². The largest absolute Gasteiger partial charge is 0.350 e. The second-order valence-corrected chi connectivity index (χ2v) is 4.54. The first kappa shape index (κ1) is 10.7. The number of anilines is 2. The highest BCUT2D eigenvalue weighted by molar-refractivity contribution is 6.10. The highest BCUT2D eigenvalue weighted by Crippen LogP contribution is 2.29. The SMILES string of the molecule is C=C1Nc2ccc(CC(C)C)cc2NC1=O. The predicted molar refractivity (Wildman–Crippen MR) is 66.4 cm³/mol. The van der Waals surface area contributed by atoms with E-state index in [-0.39, 0.29) is 5.91 Å². The van der Waals surface area contributed by atoms with Gasteiger partial charge in [0.25, 0.3) is 5.91 Å². The minimum Gasteiger partial charge on any atom is -0.350 e. The zero-order valence-electron chi connectivity index (χ0n) is 9.63. The van der Waals surface area contributed by atoms with Crippen LogP contribution < -0.4 is 10.6 Å². The van der Waals surface area contributed by atoms with Crippen LogP contribution >= 0.6 is 0 Å². The average Bonchev–Trinajstić information content (AvgIpc) is 2.19. The number of carbonyl (C=O) groups is 1. The van der Waals surface area contributed by atoms with E-state index in [1.807, 2.05) is 12.1 Å². The topological polar surface area (TPSA) is 41.1 Å². The quantitative estimate of drug-likeness (QED) is 0.746. The van der Waals surface area contributed by atoms with Gasteiger partial charge in [-0.2, -0.15) is 0 Å². The average molecular weight is 216 g/mol. The fourth-order valence-corrected chi connectivity index (χ4v) is 1.82. The van der Waals surface area contributed by atoms with Crippen LogP contribution in [0, 0.1) is 5.92 Å². The molecule has 3 heteroatoms. The molecule has 2 N–H and O–H groups in total. The molecule has 0 aromatic heterocycles. The van der Waals surface area contributed by atoms with Gasteiger partial charge in [-0.15, -0.1) is 0 Å². The molecule has 0 radical (unpaired) electrons. The van der Waals surface area contributed by atoms with Gasteiger partial charge in [0.1, 0.15) is 0 Å². The molecular formula is C13H16N2O. The lowest BCUT2D eigenvalue weighted by molar-refractivity contribution is -0.112. The van der Waals surface area contributed by atoms with Gasteiger partial charge < -0.3 is 10.6 Å². The van der Waals surface area contributed by atoms with E-state index in [4.69, 9.17) is 0 Å². The zero-order chi connectivity index (χ0) is 11.7. The summed E-state index contributed by atoms with van der Waals surface area (Å²) in [4.78, 5) is 11.4. The number of hydrogen-bond donors (Lipinski definition) is 2. The Morgan fingerprint density at radius 3 is 2.69 bits per heavy atom. The third kappa shape index (κ3) is 2.08. The second-order valence-electron chi connectivity index (χ2n) is 4.54. The van der Waals surface area contributed by atoms with Crippen LogP contribution in [0.3, 0.4) is 0 Å². The molecule has 1 aliphatic heterocycles. The number of rotatable bonds is 2. The van der Waals surface area contributed by atoms with Gasteiger partial charge in [-0.05, 0) is 30.0 Å². The normalized spacial score (nSPS) is 14.4. The number of carbonyl (C=O) groups excluding carboxylic acids is 1. The van der Waals surface area contributed by atoms with Gasteiger partial charge in [0, 0.05) is 0 Å². The van der Waals surface area contributed by atoms with Crippen molar-refractivity contribution in [3.8, 4) is 0 Å². The minimum absolute atomic E-state index is 0.158. The summed E-state index contributed by atoms with van der Waals surface area (Å²) in [6.45, 7) is 8.00. The van der Waals surface area contributed by atoms with Crippen molar-refractivity contribution in [3.63, 3.8) is 0 Å². The molecule has 1 aromatic carbocycles. The van der Waals surface area contributed by atoms with Gasteiger partial charge in [-0.3, -0.25) is 4.79 Å². The van der Waals surface area contributed by atoms with Crippen LogP contribution in [0.4, 0.5) is 11.4 Å². The predicted octanol–water partition coefficient (Wildman–Crippen LogP) is 2.76. The lowest BCUT2D eigenvalue weighted by atomic mass is 10.0. The summed E-state index contributed by atoms with van der Waals surface area (Å²) in [5.74, 6) is 0.453. The van der Waals surface area contributed by atoms with Crippen molar-refractivity contribution in [2.24, 2.45) is 5.92 Å². The van der Waals surface area contributed by atoms with E-state index in [1.165, 1.54) is 5.56 Å². The maximum atomic E-state index is 11.4. The molecule has 0 aliphatic carbocycles. The van der Waals surface area contributed by atoms with E-state index in [0.717, 1.165) is 17.8 Å². The summed E-state index contributed by atoms with van der Waals surface area (Å²) >= 11 is 0. The van der Waals surface area contributed by atoms with Gasteiger partial charge in [-0.1, -0.05) is 26.5 Å². The van der Waals surface area contributed by atoms with Gasteiger partial charge >= 0.3 is 0 Å². The van der Waals surface area contributed by atoms with Crippen molar-refractivity contribution in [1.29, 1.82) is 0 Å². The molecule has 3 nitrogen and oxygen atoms in total.